The molecule has 2 rings (SSSR count). The van der Waals surface area contributed by atoms with Gasteiger partial charge in [0.15, 0.2) is 0 Å². The Morgan fingerprint density at radius 3 is 2.80 bits per heavy atom. The SMILES string of the molecule is CCC1NC(=O)CCN(Cc2cc(F)ccc2F)C1=O. The maximum atomic E-state index is 13.6. The van der Waals surface area contributed by atoms with Crippen LogP contribution in [-0.4, -0.2) is 29.3 Å². The number of carbonyl (C=O) groups excluding carboxylic acids is 2. The van der Waals surface area contributed by atoms with Gasteiger partial charge in [0.25, 0.3) is 0 Å². The molecule has 1 N–H and O–H groups in total. The highest BCUT2D eigenvalue weighted by molar-refractivity contribution is 5.89. The topological polar surface area (TPSA) is 49.4 Å². The molecule has 2 amide bonds. The van der Waals surface area contributed by atoms with E-state index in [0.717, 1.165) is 18.2 Å². The molecule has 1 aromatic rings. The summed E-state index contributed by atoms with van der Waals surface area (Å²) in [6.07, 6.45) is 0.631. The predicted molar refractivity (Wildman–Crippen MR) is 68.6 cm³/mol. The van der Waals surface area contributed by atoms with Crippen molar-refractivity contribution >= 4 is 11.8 Å². The average Bonchev–Trinajstić information content (AvgIpc) is 2.55. The fraction of sp³-hybridized carbons (Fsp3) is 0.429. The maximum Gasteiger partial charge on any atom is 0.245 e. The van der Waals surface area contributed by atoms with Gasteiger partial charge in [0, 0.05) is 25.1 Å². The number of halogens is 2. The molecule has 0 bridgehead atoms. The summed E-state index contributed by atoms with van der Waals surface area (Å²) in [6.45, 7) is 1.96. The first-order chi connectivity index (χ1) is 9.51. The van der Waals surface area contributed by atoms with Crippen LogP contribution in [0.15, 0.2) is 18.2 Å². The number of amides is 2. The Bertz CT molecular complexity index is 534. The standard InChI is InChI=1S/C14H16F2N2O2/c1-2-12-14(20)18(6-5-13(19)17-12)8-9-7-10(15)3-4-11(9)16/h3-4,7,12H,2,5-6,8H2,1H3,(H,17,19). The van der Waals surface area contributed by atoms with Gasteiger partial charge in [-0.1, -0.05) is 6.92 Å². The first kappa shape index (κ1) is 14.4. The second-order valence-electron chi connectivity index (χ2n) is 4.77. The number of nitrogens with zero attached hydrogens (tertiary/aromatic N) is 1. The number of carbonyl (C=O) groups is 2. The molecular weight excluding hydrogens is 266 g/mol. The van der Waals surface area contributed by atoms with E-state index in [1.807, 2.05) is 0 Å². The predicted octanol–water partition coefficient (Wildman–Crippen LogP) is 1.59. The van der Waals surface area contributed by atoms with Crippen molar-refractivity contribution in [3.05, 3.63) is 35.4 Å². The van der Waals surface area contributed by atoms with Gasteiger partial charge >= 0.3 is 0 Å². The zero-order valence-corrected chi connectivity index (χ0v) is 11.2. The van der Waals surface area contributed by atoms with Crippen LogP contribution in [0, 0.1) is 11.6 Å². The normalized spacial score (nSPS) is 19.8. The molecule has 6 heteroatoms. The quantitative estimate of drug-likeness (QED) is 0.915. The van der Waals surface area contributed by atoms with E-state index in [0.29, 0.717) is 6.42 Å². The Labute approximate surface area is 115 Å². The average molecular weight is 282 g/mol. The lowest BCUT2D eigenvalue weighted by Gasteiger charge is -2.23. The number of hydrogen-bond donors (Lipinski definition) is 1. The van der Waals surface area contributed by atoms with E-state index in [1.165, 1.54) is 4.90 Å². The lowest BCUT2D eigenvalue weighted by molar-refractivity contribution is -0.134. The van der Waals surface area contributed by atoms with Gasteiger partial charge in [-0.3, -0.25) is 9.59 Å². The van der Waals surface area contributed by atoms with Crippen LogP contribution in [0.3, 0.4) is 0 Å². The molecule has 1 heterocycles. The largest absolute Gasteiger partial charge is 0.344 e. The highest BCUT2D eigenvalue weighted by Crippen LogP contribution is 2.15. The molecule has 4 nitrogen and oxygen atoms in total. The third kappa shape index (κ3) is 3.12. The molecule has 0 aliphatic carbocycles. The van der Waals surface area contributed by atoms with Crippen molar-refractivity contribution in [2.45, 2.75) is 32.4 Å². The fourth-order valence-corrected chi connectivity index (χ4v) is 2.20. The third-order valence-corrected chi connectivity index (χ3v) is 3.33. The summed E-state index contributed by atoms with van der Waals surface area (Å²) in [5, 5.41) is 2.62. The van der Waals surface area contributed by atoms with Gasteiger partial charge in [-0.05, 0) is 24.6 Å². The Kier molecular flexibility index (Phi) is 4.32. The van der Waals surface area contributed by atoms with Gasteiger partial charge in [0.1, 0.15) is 17.7 Å². The molecule has 1 aliphatic rings. The van der Waals surface area contributed by atoms with Crippen LogP contribution in [0.2, 0.25) is 0 Å². The van der Waals surface area contributed by atoms with Crippen LogP contribution < -0.4 is 5.32 Å². The number of nitrogens with one attached hydrogen (secondary N) is 1. The molecule has 1 atom stereocenters. The van der Waals surface area contributed by atoms with Gasteiger partial charge in [0.2, 0.25) is 11.8 Å². The zero-order chi connectivity index (χ0) is 14.7. The highest BCUT2D eigenvalue weighted by atomic mass is 19.1. The van der Waals surface area contributed by atoms with Gasteiger partial charge < -0.3 is 10.2 Å². The summed E-state index contributed by atoms with van der Waals surface area (Å²) in [5.41, 5.74) is 0.113. The van der Waals surface area contributed by atoms with E-state index >= 15 is 0 Å². The molecule has 108 valence electrons. The lowest BCUT2D eigenvalue weighted by Crippen LogP contribution is -2.44. The molecule has 0 aromatic heterocycles. The minimum atomic E-state index is -0.596. The lowest BCUT2D eigenvalue weighted by atomic mass is 10.1. The highest BCUT2D eigenvalue weighted by Gasteiger charge is 2.28. The van der Waals surface area contributed by atoms with E-state index < -0.39 is 17.7 Å². The molecule has 1 aromatic carbocycles. The van der Waals surface area contributed by atoms with E-state index in [9.17, 15) is 18.4 Å². The van der Waals surface area contributed by atoms with Crippen LogP contribution in [0.4, 0.5) is 8.78 Å². The van der Waals surface area contributed by atoms with E-state index in [2.05, 4.69) is 5.32 Å². The number of hydrogen-bond acceptors (Lipinski definition) is 2. The Morgan fingerprint density at radius 1 is 1.35 bits per heavy atom. The molecule has 1 unspecified atom stereocenters. The molecule has 20 heavy (non-hydrogen) atoms. The Morgan fingerprint density at radius 2 is 2.10 bits per heavy atom. The fourth-order valence-electron chi connectivity index (χ4n) is 2.20. The molecule has 1 saturated heterocycles. The van der Waals surface area contributed by atoms with Crippen LogP contribution in [0.1, 0.15) is 25.3 Å². The first-order valence-corrected chi connectivity index (χ1v) is 6.53. The summed E-state index contributed by atoms with van der Waals surface area (Å²) in [6, 6.07) is 2.54. The van der Waals surface area contributed by atoms with E-state index in [4.69, 9.17) is 0 Å². The second kappa shape index (κ2) is 5.98. The van der Waals surface area contributed by atoms with E-state index in [-0.39, 0.29) is 36.9 Å². The van der Waals surface area contributed by atoms with Crippen molar-refractivity contribution < 1.29 is 18.4 Å². The summed E-state index contributed by atoms with van der Waals surface area (Å²) < 4.78 is 26.8. The zero-order valence-electron chi connectivity index (χ0n) is 11.2. The van der Waals surface area contributed by atoms with Crippen LogP contribution in [-0.2, 0) is 16.1 Å². The van der Waals surface area contributed by atoms with Crippen molar-refractivity contribution in [2.24, 2.45) is 0 Å². The molecular formula is C14H16F2N2O2. The maximum absolute atomic E-state index is 13.6. The third-order valence-electron chi connectivity index (χ3n) is 3.33. The summed E-state index contributed by atoms with van der Waals surface area (Å²) in [5.74, 6) is -1.57. The van der Waals surface area contributed by atoms with E-state index in [1.54, 1.807) is 6.92 Å². The Balaban J connectivity index is 2.20. The van der Waals surface area contributed by atoms with Gasteiger partial charge in [-0.2, -0.15) is 0 Å². The van der Waals surface area contributed by atoms with Gasteiger partial charge in [0.05, 0.1) is 0 Å². The number of rotatable bonds is 3. The summed E-state index contributed by atoms with van der Waals surface area (Å²) in [7, 11) is 0. The van der Waals surface area contributed by atoms with Crippen LogP contribution >= 0.6 is 0 Å². The summed E-state index contributed by atoms with van der Waals surface area (Å²) >= 11 is 0. The second-order valence-corrected chi connectivity index (χ2v) is 4.77. The molecule has 0 spiro atoms. The monoisotopic (exact) mass is 282 g/mol. The number of benzene rings is 1. The van der Waals surface area contributed by atoms with Crippen molar-refractivity contribution in [2.75, 3.05) is 6.54 Å². The van der Waals surface area contributed by atoms with Crippen molar-refractivity contribution in [3.8, 4) is 0 Å². The smallest absolute Gasteiger partial charge is 0.245 e. The van der Waals surface area contributed by atoms with Crippen LogP contribution in [0.5, 0.6) is 0 Å². The molecule has 1 fully saturated rings. The molecule has 0 saturated carbocycles. The van der Waals surface area contributed by atoms with Crippen molar-refractivity contribution in [3.63, 3.8) is 0 Å². The van der Waals surface area contributed by atoms with Crippen molar-refractivity contribution in [1.82, 2.24) is 10.2 Å². The molecule has 0 radical (unpaired) electrons. The van der Waals surface area contributed by atoms with Crippen LogP contribution in [0.25, 0.3) is 0 Å². The minimum Gasteiger partial charge on any atom is -0.344 e. The molecule has 1 aliphatic heterocycles. The van der Waals surface area contributed by atoms with Gasteiger partial charge in [-0.25, -0.2) is 8.78 Å². The summed E-state index contributed by atoms with van der Waals surface area (Å²) in [4.78, 5) is 25.1. The minimum absolute atomic E-state index is 0.0338. The van der Waals surface area contributed by atoms with Gasteiger partial charge in [-0.15, -0.1) is 0 Å². The van der Waals surface area contributed by atoms with Crippen molar-refractivity contribution in [1.29, 1.82) is 0 Å². The first-order valence-electron chi connectivity index (χ1n) is 6.53. The Hall–Kier alpha value is -1.98.